The number of sulfonamides is 1. The highest BCUT2D eigenvalue weighted by atomic mass is 32.2. The molecule has 1 aliphatic rings. The SMILES string of the molecule is COCC1CCN(S(=O)(=O)c2cccc(C)c2)CC1. The van der Waals surface area contributed by atoms with Crippen molar-refractivity contribution < 1.29 is 13.2 Å². The summed E-state index contributed by atoms with van der Waals surface area (Å²) in [5.74, 6) is 0.481. The first-order valence-corrected chi connectivity index (χ1v) is 8.04. The van der Waals surface area contributed by atoms with Gasteiger partial charge in [0, 0.05) is 26.8 Å². The maximum atomic E-state index is 12.5. The minimum absolute atomic E-state index is 0.401. The molecular formula is C14H21NO3S. The average molecular weight is 283 g/mol. The van der Waals surface area contributed by atoms with Crippen molar-refractivity contribution in [2.24, 2.45) is 5.92 Å². The number of aryl methyl sites for hydroxylation is 1. The van der Waals surface area contributed by atoms with Crippen LogP contribution < -0.4 is 0 Å². The van der Waals surface area contributed by atoms with E-state index in [1.807, 2.05) is 13.0 Å². The maximum absolute atomic E-state index is 12.5. The molecule has 19 heavy (non-hydrogen) atoms. The molecule has 106 valence electrons. The molecule has 0 N–H and O–H groups in total. The van der Waals surface area contributed by atoms with E-state index in [4.69, 9.17) is 4.74 Å². The summed E-state index contributed by atoms with van der Waals surface area (Å²) >= 11 is 0. The van der Waals surface area contributed by atoms with Crippen LogP contribution in [0.15, 0.2) is 29.2 Å². The van der Waals surface area contributed by atoms with Crippen LogP contribution in [0.1, 0.15) is 18.4 Å². The molecule has 1 aromatic rings. The van der Waals surface area contributed by atoms with Crippen LogP contribution >= 0.6 is 0 Å². The summed E-state index contributed by atoms with van der Waals surface area (Å²) in [7, 11) is -1.64. The van der Waals surface area contributed by atoms with E-state index in [1.165, 1.54) is 0 Å². The van der Waals surface area contributed by atoms with Crippen molar-refractivity contribution in [2.45, 2.75) is 24.7 Å². The average Bonchev–Trinajstić information content (AvgIpc) is 2.40. The van der Waals surface area contributed by atoms with E-state index < -0.39 is 10.0 Å². The molecule has 0 aromatic heterocycles. The third kappa shape index (κ3) is 3.35. The van der Waals surface area contributed by atoms with Gasteiger partial charge < -0.3 is 4.74 Å². The van der Waals surface area contributed by atoms with Crippen LogP contribution in [0.3, 0.4) is 0 Å². The number of ether oxygens (including phenoxy) is 1. The summed E-state index contributed by atoms with van der Waals surface area (Å²) < 4.78 is 31.7. The summed E-state index contributed by atoms with van der Waals surface area (Å²) in [5, 5.41) is 0. The van der Waals surface area contributed by atoms with Crippen LogP contribution in [-0.2, 0) is 14.8 Å². The van der Waals surface area contributed by atoms with Gasteiger partial charge in [0.2, 0.25) is 10.0 Å². The Labute approximate surface area is 115 Å². The fourth-order valence-corrected chi connectivity index (χ4v) is 4.05. The maximum Gasteiger partial charge on any atom is 0.243 e. The van der Waals surface area contributed by atoms with Crippen molar-refractivity contribution in [3.8, 4) is 0 Å². The van der Waals surface area contributed by atoms with Gasteiger partial charge in [0.1, 0.15) is 0 Å². The lowest BCUT2D eigenvalue weighted by molar-refractivity contribution is 0.121. The van der Waals surface area contributed by atoms with Crippen LogP contribution in [0.5, 0.6) is 0 Å². The highest BCUT2D eigenvalue weighted by Gasteiger charge is 2.29. The highest BCUT2D eigenvalue weighted by molar-refractivity contribution is 7.89. The summed E-state index contributed by atoms with van der Waals surface area (Å²) in [4.78, 5) is 0.401. The van der Waals surface area contributed by atoms with Crippen molar-refractivity contribution in [3.05, 3.63) is 29.8 Å². The van der Waals surface area contributed by atoms with Crippen molar-refractivity contribution in [1.29, 1.82) is 0 Å². The van der Waals surface area contributed by atoms with Gasteiger partial charge in [0.05, 0.1) is 4.90 Å². The van der Waals surface area contributed by atoms with Gasteiger partial charge in [-0.05, 0) is 43.4 Å². The molecule has 0 bridgehead atoms. The predicted molar refractivity (Wildman–Crippen MR) is 74.5 cm³/mol. The van der Waals surface area contributed by atoms with E-state index in [-0.39, 0.29) is 0 Å². The normalized spacial score (nSPS) is 18.6. The lowest BCUT2D eigenvalue weighted by Crippen LogP contribution is -2.39. The van der Waals surface area contributed by atoms with Crippen LogP contribution in [0.2, 0.25) is 0 Å². The van der Waals surface area contributed by atoms with Crippen LogP contribution in [0.25, 0.3) is 0 Å². The molecule has 1 saturated heterocycles. The zero-order valence-electron chi connectivity index (χ0n) is 11.5. The van der Waals surface area contributed by atoms with Gasteiger partial charge in [-0.15, -0.1) is 0 Å². The van der Waals surface area contributed by atoms with E-state index in [1.54, 1.807) is 29.6 Å². The van der Waals surface area contributed by atoms with Gasteiger partial charge >= 0.3 is 0 Å². The molecule has 1 aromatic carbocycles. The zero-order valence-corrected chi connectivity index (χ0v) is 12.3. The molecule has 2 rings (SSSR count). The Morgan fingerprint density at radius 1 is 1.32 bits per heavy atom. The molecule has 4 nitrogen and oxygen atoms in total. The molecule has 0 atom stereocenters. The van der Waals surface area contributed by atoms with Gasteiger partial charge in [0.25, 0.3) is 0 Å². The van der Waals surface area contributed by atoms with E-state index in [0.717, 1.165) is 25.0 Å². The lowest BCUT2D eigenvalue weighted by atomic mass is 9.99. The van der Waals surface area contributed by atoms with Gasteiger partial charge in [0.15, 0.2) is 0 Å². The Morgan fingerprint density at radius 2 is 2.00 bits per heavy atom. The number of nitrogens with zero attached hydrogens (tertiary/aromatic N) is 1. The number of hydrogen-bond acceptors (Lipinski definition) is 3. The lowest BCUT2D eigenvalue weighted by Gasteiger charge is -2.30. The van der Waals surface area contributed by atoms with E-state index in [2.05, 4.69) is 0 Å². The Morgan fingerprint density at radius 3 is 2.58 bits per heavy atom. The summed E-state index contributed by atoms with van der Waals surface area (Å²) in [6.45, 7) is 3.80. The molecule has 0 amide bonds. The summed E-state index contributed by atoms with van der Waals surface area (Å²) in [6.07, 6.45) is 1.75. The minimum Gasteiger partial charge on any atom is -0.384 e. The third-order valence-corrected chi connectivity index (χ3v) is 5.50. The Kier molecular flexibility index (Phi) is 4.60. The van der Waals surface area contributed by atoms with Crippen molar-refractivity contribution >= 4 is 10.0 Å². The topological polar surface area (TPSA) is 46.6 Å². The third-order valence-electron chi connectivity index (χ3n) is 3.60. The molecule has 1 heterocycles. The van der Waals surface area contributed by atoms with Gasteiger partial charge in [-0.3, -0.25) is 0 Å². The van der Waals surface area contributed by atoms with Gasteiger partial charge in [-0.2, -0.15) is 4.31 Å². The molecule has 0 aliphatic carbocycles. The number of hydrogen-bond donors (Lipinski definition) is 0. The first-order valence-electron chi connectivity index (χ1n) is 6.60. The first-order chi connectivity index (χ1) is 9.04. The van der Waals surface area contributed by atoms with Crippen molar-refractivity contribution in [1.82, 2.24) is 4.31 Å². The number of rotatable bonds is 4. The molecule has 1 aliphatic heterocycles. The second-order valence-corrected chi connectivity index (χ2v) is 7.06. The van der Waals surface area contributed by atoms with Crippen LogP contribution in [0.4, 0.5) is 0 Å². The predicted octanol–water partition coefficient (Wildman–Crippen LogP) is 2.04. The molecule has 0 unspecified atom stereocenters. The van der Waals surface area contributed by atoms with Crippen molar-refractivity contribution in [3.63, 3.8) is 0 Å². The second kappa shape index (κ2) is 6.03. The number of methoxy groups -OCH3 is 1. The molecule has 0 spiro atoms. The number of benzene rings is 1. The van der Waals surface area contributed by atoms with E-state index in [0.29, 0.717) is 23.9 Å². The van der Waals surface area contributed by atoms with Gasteiger partial charge in [-0.1, -0.05) is 12.1 Å². The highest BCUT2D eigenvalue weighted by Crippen LogP contribution is 2.24. The van der Waals surface area contributed by atoms with Crippen LogP contribution in [0, 0.1) is 12.8 Å². The fraction of sp³-hybridized carbons (Fsp3) is 0.571. The van der Waals surface area contributed by atoms with Crippen molar-refractivity contribution in [2.75, 3.05) is 26.8 Å². The molecule has 1 fully saturated rings. The first kappa shape index (κ1) is 14.5. The molecule has 0 radical (unpaired) electrons. The second-order valence-electron chi connectivity index (χ2n) is 5.12. The summed E-state index contributed by atoms with van der Waals surface area (Å²) in [5.41, 5.74) is 0.968. The molecule has 0 saturated carbocycles. The Bertz CT molecular complexity index is 519. The Hall–Kier alpha value is -0.910. The van der Waals surface area contributed by atoms with E-state index in [9.17, 15) is 8.42 Å². The summed E-state index contributed by atoms with van der Waals surface area (Å²) in [6, 6.07) is 7.10. The fourth-order valence-electron chi connectivity index (χ4n) is 2.48. The molecule has 5 heteroatoms. The molecular weight excluding hydrogens is 262 g/mol. The standard InChI is InChI=1S/C14H21NO3S/c1-12-4-3-5-14(10-12)19(16,17)15-8-6-13(7-9-15)11-18-2/h3-5,10,13H,6-9,11H2,1-2H3. The zero-order chi connectivity index (χ0) is 13.9. The largest absolute Gasteiger partial charge is 0.384 e. The monoisotopic (exact) mass is 283 g/mol. The minimum atomic E-state index is -3.33. The quantitative estimate of drug-likeness (QED) is 0.849. The Balaban J connectivity index is 2.10. The smallest absolute Gasteiger partial charge is 0.243 e. The van der Waals surface area contributed by atoms with Gasteiger partial charge in [-0.25, -0.2) is 8.42 Å². The number of piperidine rings is 1. The van der Waals surface area contributed by atoms with Crippen LogP contribution in [-0.4, -0.2) is 39.5 Å². The van der Waals surface area contributed by atoms with E-state index >= 15 is 0 Å².